The van der Waals surface area contributed by atoms with Gasteiger partial charge in [0.2, 0.25) is 11.8 Å². The van der Waals surface area contributed by atoms with Crippen molar-refractivity contribution in [1.29, 1.82) is 0 Å². The Labute approximate surface area is 147 Å². The quantitative estimate of drug-likeness (QED) is 0.817. The smallest absolute Gasteiger partial charge is 0.246 e. The Morgan fingerprint density at radius 3 is 2.44 bits per heavy atom. The molecule has 0 saturated carbocycles. The van der Waals surface area contributed by atoms with Crippen LogP contribution in [0, 0.1) is 5.41 Å². The SMILES string of the molecule is CC(NC(=O)C=CC(C)(C)C)C(=O)Nc1ccc(-n2cncn2)cc1. The molecule has 1 heterocycles. The van der Waals surface area contributed by atoms with Gasteiger partial charge in [-0.25, -0.2) is 9.67 Å². The van der Waals surface area contributed by atoms with Crippen molar-refractivity contribution in [1.82, 2.24) is 20.1 Å². The molecule has 2 N–H and O–H groups in total. The van der Waals surface area contributed by atoms with Gasteiger partial charge in [-0.2, -0.15) is 5.10 Å². The standard InChI is InChI=1S/C18H23N5O2/c1-13(21-16(24)9-10-18(2,3)4)17(25)22-14-5-7-15(8-6-14)23-12-19-11-20-23/h5-13H,1-4H3,(H,21,24)(H,22,25). The van der Waals surface area contributed by atoms with Crippen LogP contribution in [0.4, 0.5) is 5.69 Å². The maximum absolute atomic E-state index is 12.2. The fourth-order valence-electron chi connectivity index (χ4n) is 1.94. The molecular weight excluding hydrogens is 318 g/mol. The minimum Gasteiger partial charge on any atom is -0.341 e. The summed E-state index contributed by atoms with van der Waals surface area (Å²) in [6.07, 6.45) is 6.30. The predicted molar refractivity (Wildman–Crippen MR) is 96.2 cm³/mol. The Bertz CT molecular complexity index is 743. The lowest BCUT2D eigenvalue weighted by molar-refractivity contribution is -0.123. The molecule has 0 aliphatic carbocycles. The molecule has 1 aromatic heterocycles. The monoisotopic (exact) mass is 341 g/mol. The molecule has 7 nitrogen and oxygen atoms in total. The molecule has 0 fully saturated rings. The molecule has 2 aromatic rings. The van der Waals surface area contributed by atoms with Crippen molar-refractivity contribution >= 4 is 17.5 Å². The number of hydrogen-bond donors (Lipinski definition) is 2. The number of carbonyl (C=O) groups excluding carboxylic acids is 2. The minimum atomic E-state index is -0.646. The van der Waals surface area contributed by atoms with Crippen LogP contribution in [0.5, 0.6) is 0 Å². The summed E-state index contributed by atoms with van der Waals surface area (Å²) >= 11 is 0. The highest BCUT2D eigenvalue weighted by Crippen LogP contribution is 2.14. The average Bonchev–Trinajstić information content (AvgIpc) is 3.07. The van der Waals surface area contributed by atoms with Gasteiger partial charge in [0.05, 0.1) is 5.69 Å². The molecule has 0 radical (unpaired) electrons. The summed E-state index contributed by atoms with van der Waals surface area (Å²) in [5, 5.41) is 9.45. The summed E-state index contributed by atoms with van der Waals surface area (Å²) in [6.45, 7) is 7.63. The lowest BCUT2D eigenvalue weighted by Gasteiger charge is -2.14. The van der Waals surface area contributed by atoms with Crippen LogP contribution in [-0.4, -0.2) is 32.6 Å². The molecule has 1 unspecified atom stereocenters. The Morgan fingerprint density at radius 2 is 1.88 bits per heavy atom. The summed E-state index contributed by atoms with van der Waals surface area (Å²) in [6, 6.07) is 6.53. The van der Waals surface area contributed by atoms with Crippen LogP contribution in [0.2, 0.25) is 0 Å². The summed E-state index contributed by atoms with van der Waals surface area (Å²) in [4.78, 5) is 27.9. The second-order valence-electron chi connectivity index (χ2n) is 6.81. The number of anilines is 1. The van der Waals surface area contributed by atoms with Crippen molar-refractivity contribution in [2.75, 3.05) is 5.32 Å². The molecule has 132 valence electrons. The number of benzene rings is 1. The van der Waals surface area contributed by atoms with E-state index >= 15 is 0 Å². The van der Waals surface area contributed by atoms with Gasteiger partial charge >= 0.3 is 0 Å². The van der Waals surface area contributed by atoms with Gasteiger partial charge in [0, 0.05) is 5.69 Å². The highest BCUT2D eigenvalue weighted by Gasteiger charge is 2.15. The normalized spacial score (nSPS) is 12.8. The van der Waals surface area contributed by atoms with E-state index in [1.807, 2.05) is 32.9 Å². The van der Waals surface area contributed by atoms with Gasteiger partial charge in [-0.05, 0) is 42.7 Å². The van der Waals surface area contributed by atoms with E-state index in [1.165, 1.54) is 12.4 Å². The van der Waals surface area contributed by atoms with Crippen LogP contribution in [0.1, 0.15) is 27.7 Å². The Morgan fingerprint density at radius 1 is 1.20 bits per heavy atom. The molecule has 0 spiro atoms. The van der Waals surface area contributed by atoms with Gasteiger partial charge < -0.3 is 10.6 Å². The summed E-state index contributed by atoms with van der Waals surface area (Å²) in [7, 11) is 0. The summed E-state index contributed by atoms with van der Waals surface area (Å²) in [5.74, 6) is -0.579. The maximum Gasteiger partial charge on any atom is 0.246 e. The molecule has 0 aliphatic rings. The zero-order valence-electron chi connectivity index (χ0n) is 14.9. The van der Waals surface area contributed by atoms with Crippen molar-refractivity contribution in [2.24, 2.45) is 5.41 Å². The second-order valence-corrected chi connectivity index (χ2v) is 6.81. The maximum atomic E-state index is 12.2. The molecule has 2 rings (SSSR count). The van der Waals surface area contributed by atoms with E-state index in [1.54, 1.807) is 36.1 Å². The Hall–Kier alpha value is -2.96. The molecule has 0 saturated heterocycles. The van der Waals surface area contributed by atoms with Gasteiger partial charge in [0.15, 0.2) is 0 Å². The number of hydrogen-bond acceptors (Lipinski definition) is 4. The first-order valence-electron chi connectivity index (χ1n) is 8.00. The van der Waals surface area contributed by atoms with Crippen molar-refractivity contribution in [3.8, 4) is 5.69 Å². The van der Waals surface area contributed by atoms with E-state index in [-0.39, 0.29) is 17.2 Å². The molecule has 7 heteroatoms. The van der Waals surface area contributed by atoms with Crippen LogP contribution in [0.25, 0.3) is 5.69 Å². The largest absolute Gasteiger partial charge is 0.341 e. The molecular formula is C18H23N5O2. The van der Waals surface area contributed by atoms with Crippen molar-refractivity contribution in [3.63, 3.8) is 0 Å². The van der Waals surface area contributed by atoms with E-state index in [2.05, 4.69) is 20.7 Å². The average molecular weight is 341 g/mol. The first-order valence-corrected chi connectivity index (χ1v) is 8.00. The van der Waals surface area contributed by atoms with Crippen LogP contribution in [-0.2, 0) is 9.59 Å². The molecule has 25 heavy (non-hydrogen) atoms. The number of nitrogens with zero attached hydrogens (tertiary/aromatic N) is 3. The fourth-order valence-corrected chi connectivity index (χ4v) is 1.94. The van der Waals surface area contributed by atoms with Gasteiger partial charge in [-0.1, -0.05) is 26.8 Å². The third-order valence-corrected chi connectivity index (χ3v) is 3.30. The highest BCUT2D eigenvalue weighted by molar-refractivity contribution is 5.98. The van der Waals surface area contributed by atoms with Crippen LogP contribution in [0.15, 0.2) is 49.1 Å². The van der Waals surface area contributed by atoms with E-state index < -0.39 is 6.04 Å². The fraction of sp³-hybridized carbons (Fsp3) is 0.333. The summed E-state index contributed by atoms with van der Waals surface area (Å²) < 4.78 is 1.62. The Balaban J connectivity index is 1.90. The third kappa shape index (κ3) is 5.87. The number of nitrogens with one attached hydrogen (secondary N) is 2. The van der Waals surface area contributed by atoms with E-state index in [0.29, 0.717) is 5.69 Å². The van der Waals surface area contributed by atoms with Gasteiger partial charge in [0.25, 0.3) is 0 Å². The van der Waals surface area contributed by atoms with Crippen LogP contribution < -0.4 is 10.6 Å². The molecule has 1 aromatic carbocycles. The topological polar surface area (TPSA) is 88.9 Å². The van der Waals surface area contributed by atoms with Crippen LogP contribution in [0.3, 0.4) is 0 Å². The first-order chi connectivity index (χ1) is 11.7. The van der Waals surface area contributed by atoms with Crippen molar-refractivity contribution in [3.05, 3.63) is 49.1 Å². The number of allylic oxidation sites excluding steroid dienone is 1. The number of amides is 2. The van der Waals surface area contributed by atoms with Gasteiger partial charge in [-0.15, -0.1) is 0 Å². The number of rotatable bonds is 5. The van der Waals surface area contributed by atoms with E-state index in [9.17, 15) is 9.59 Å². The van der Waals surface area contributed by atoms with Crippen LogP contribution >= 0.6 is 0 Å². The Kier molecular flexibility index (Phi) is 5.69. The zero-order valence-corrected chi connectivity index (χ0v) is 14.9. The molecule has 2 amide bonds. The van der Waals surface area contributed by atoms with E-state index in [4.69, 9.17) is 0 Å². The van der Waals surface area contributed by atoms with Gasteiger partial charge in [-0.3, -0.25) is 9.59 Å². The van der Waals surface area contributed by atoms with Crippen molar-refractivity contribution < 1.29 is 9.59 Å². The molecule has 0 bridgehead atoms. The van der Waals surface area contributed by atoms with E-state index in [0.717, 1.165) is 5.69 Å². The molecule has 0 aliphatic heterocycles. The molecule has 1 atom stereocenters. The lowest BCUT2D eigenvalue weighted by atomic mass is 9.96. The van der Waals surface area contributed by atoms with Gasteiger partial charge in [0.1, 0.15) is 18.7 Å². The lowest BCUT2D eigenvalue weighted by Crippen LogP contribution is -2.41. The zero-order chi connectivity index (χ0) is 18.4. The third-order valence-electron chi connectivity index (χ3n) is 3.30. The van der Waals surface area contributed by atoms with Crippen molar-refractivity contribution in [2.45, 2.75) is 33.7 Å². The highest BCUT2D eigenvalue weighted by atomic mass is 16.2. The second kappa shape index (κ2) is 7.74. The first kappa shape index (κ1) is 18.4. The minimum absolute atomic E-state index is 0.0886. The number of carbonyl (C=O) groups is 2. The number of aromatic nitrogens is 3. The predicted octanol–water partition coefficient (Wildman–Crippen LogP) is 2.31. The summed E-state index contributed by atoms with van der Waals surface area (Å²) in [5.41, 5.74) is 1.39.